The van der Waals surface area contributed by atoms with Gasteiger partial charge < -0.3 is 5.73 Å². The van der Waals surface area contributed by atoms with Crippen molar-refractivity contribution in [3.8, 4) is 17.1 Å². The first kappa shape index (κ1) is 13.3. The third kappa shape index (κ3) is 2.50. The zero-order valence-corrected chi connectivity index (χ0v) is 12.3. The Morgan fingerprint density at radius 2 is 1.76 bits per heavy atom. The average molecular weight is 279 g/mol. The minimum Gasteiger partial charge on any atom is -0.399 e. The van der Waals surface area contributed by atoms with Crippen LogP contribution >= 0.6 is 0 Å². The van der Waals surface area contributed by atoms with Crippen molar-refractivity contribution in [1.82, 2.24) is 20.2 Å². The molecule has 0 amide bonds. The van der Waals surface area contributed by atoms with Crippen molar-refractivity contribution in [2.45, 2.75) is 20.8 Å². The number of aryl methyl sites for hydroxylation is 3. The van der Waals surface area contributed by atoms with E-state index in [2.05, 4.69) is 40.6 Å². The molecule has 5 heteroatoms. The number of hydrogen-bond donors (Lipinski definition) is 1. The van der Waals surface area contributed by atoms with Crippen molar-refractivity contribution in [3.05, 3.63) is 53.1 Å². The van der Waals surface area contributed by atoms with Crippen molar-refractivity contribution >= 4 is 5.69 Å². The van der Waals surface area contributed by atoms with Crippen molar-refractivity contribution < 1.29 is 0 Å². The molecule has 0 unspecified atom stereocenters. The van der Waals surface area contributed by atoms with Crippen molar-refractivity contribution in [2.75, 3.05) is 5.73 Å². The van der Waals surface area contributed by atoms with Crippen LogP contribution in [0.25, 0.3) is 17.1 Å². The van der Waals surface area contributed by atoms with Crippen LogP contribution in [0.4, 0.5) is 5.69 Å². The Morgan fingerprint density at radius 1 is 0.952 bits per heavy atom. The van der Waals surface area contributed by atoms with Gasteiger partial charge in [-0.15, -0.1) is 5.10 Å². The van der Waals surface area contributed by atoms with E-state index in [-0.39, 0.29) is 0 Å². The summed E-state index contributed by atoms with van der Waals surface area (Å²) in [6, 6.07) is 12.1. The van der Waals surface area contributed by atoms with E-state index in [1.165, 1.54) is 5.56 Å². The second-order valence-corrected chi connectivity index (χ2v) is 5.34. The highest BCUT2D eigenvalue weighted by Gasteiger charge is 2.13. The fourth-order valence-electron chi connectivity index (χ4n) is 2.42. The highest BCUT2D eigenvalue weighted by atomic mass is 15.5. The van der Waals surface area contributed by atoms with Gasteiger partial charge >= 0.3 is 0 Å². The third-order valence-electron chi connectivity index (χ3n) is 3.42. The molecule has 0 aliphatic heterocycles. The summed E-state index contributed by atoms with van der Waals surface area (Å²) in [5, 5.41) is 12.1. The third-order valence-corrected chi connectivity index (χ3v) is 3.42. The lowest BCUT2D eigenvalue weighted by atomic mass is 10.1. The molecule has 0 saturated carbocycles. The maximum atomic E-state index is 5.93. The van der Waals surface area contributed by atoms with E-state index in [1.54, 1.807) is 4.68 Å². The molecule has 0 spiro atoms. The number of nitrogens with zero attached hydrogens (tertiary/aromatic N) is 4. The molecule has 0 fully saturated rings. The number of nitrogen functional groups attached to an aromatic ring is 1. The number of nitrogens with two attached hydrogens (primary N) is 1. The molecule has 1 aromatic heterocycles. The Balaban J connectivity index is 2.19. The molecule has 0 bridgehead atoms. The average Bonchev–Trinajstić information content (AvgIpc) is 2.89. The first-order valence-corrected chi connectivity index (χ1v) is 6.78. The highest BCUT2D eigenvalue weighted by Crippen LogP contribution is 2.24. The first-order chi connectivity index (χ1) is 10.0. The molecular formula is C16H17N5. The second-order valence-electron chi connectivity index (χ2n) is 5.34. The fourth-order valence-corrected chi connectivity index (χ4v) is 2.42. The highest BCUT2D eigenvalue weighted by molar-refractivity contribution is 5.64. The molecule has 0 atom stereocenters. The minimum atomic E-state index is 0.694. The lowest BCUT2D eigenvalue weighted by Gasteiger charge is -2.09. The van der Waals surface area contributed by atoms with E-state index in [0.717, 1.165) is 22.4 Å². The summed E-state index contributed by atoms with van der Waals surface area (Å²) >= 11 is 0. The summed E-state index contributed by atoms with van der Waals surface area (Å²) in [5.41, 5.74) is 11.9. The topological polar surface area (TPSA) is 69.6 Å². The molecule has 0 radical (unpaired) electrons. The van der Waals surface area contributed by atoms with Gasteiger partial charge in [0, 0.05) is 11.3 Å². The molecule has 2 aromatic carbocycles. The number of anilines is 1. The van der Waals surface area contributed by atoms with Crippen LogP contribution in [0.1, 0.15) is 16.7 Å². The maximum Gasteiger partial charge on any atom is 0.187 e. The van der Waals surface area contributed by atoms with E-state index in [1.807, 2.05) is 32.0 Å². The van der Waals surface area contributed by atoms with Gasteiger partial charge in [0.25, 0.3) is 0 Å². The van der Waals surface area contributed by atoms with Crippen LogP contribution in [0.3, 0.4) is 0 Å². The van der Waals surface area contributed by atoms with Crippen LogP contribution in [0.15, 0.2) is 36.4 Å². The normalized spacial score (nSPS) is 10.8. The molecule has 3 rings (SSSR count). The Labute approximate surface area is 123 Å². The molecule has 0 aliphatic carbocycles. The van der Waals surface area contributed by atoms with Gasteiger partial charge in [-0.3, -0.25) is 0 Å². The van der Waals surface area contributed by atoms with Crippen molar-refractivity contribution in [1.29, 1.82) is 0 Å². The zero-order chi connectivity index (χ0) is 15.0. The largest absolute Gasteiger partial charge is 0.399 e. The van der Waals surface area contributed by atoms with Gasteiger partial charge in [-0.25, -0.2) is 0 Å². The Bertz CT molecular complexity index is 784. The number of aromatic nitrogens is 4. The molecular weight excluding hydrogens is 262 g/mol. The van der Waals surface area contributed by atoms with Crippen LogP contribution in [0.2, 0.25) is 0 Å². The number of benzene rings is 2. The van der Waals surface area contributed by atoms with Gasteiger partial charge in [0.15, 0.2) is 5.82 Å². The van der Waals surface area contributed by atoms with Crippen LogP contribution in [0, 0.1) is 20.8 Å². The molecule has 1 heterocycles. The quantitative estimate of drug-likeness (QED) is 0.732. The van der Waals surface area contributed by atoms with Crippen LogP contribution in [-0.2, 0) is 0 Å². The summed E-state index contributed by atoms with van der Waals surface area (Å²) in [5.74, 6) is 0.694. The molecule has 5 nitrogen and oxygen atoms in total. The zero-order valence-electron chi connectivity index (χ0n) is 12.3. The van der Waals surface area contributed by atoms with Gasteiger partial charge in [-0.1, -0.05) is 12.1 Å². The smallest absolute Gasteiger partial charge is 0.187 e. The van der Waals surface area contributed by atoms with Crippen molar-refractivity contribution in [2.24, 2.45) is 0 Å². The van der Waals surface area contributed by atoms with Crippen LogP contribution in [-0.4, -0.2) is 20.2 Å². The Morgan fingerprint density at radius 3 is 2.52 bits per heavy atom. The van der Waals surface area contributed by atoms with E-state index in [4.69, 9.17) is 5.73 Å². The van der Waals surface area contributed by atoms with Gasteiger partial charge in [-0.05, 0) is 72.2 Å². The summed E-state index contributed by atoms with van der Waals surface area (Å²) in [7, 11) is 0. The van der Waals surface area contributed by atoms with E-state index in [0.29, 0.717) is 11.5 Å². The van der Waals surface area contributed by atoms with Crippen LogP contribution in [0.5, 0.6) is 0 Å². The van der Waals surface area contributed by atoms with E-state index in [9.17, 15) is 0 Å². The summed E-state index contributed by atoms with van der Waals surface area (Å²) < 4.78 is 1.76. The monoisotopic (exact) mass is 279 g/mol. The lowest BCUT2D eigenvalue weighted by molar-refractivity contribution is 0.787. The maximum absolute atomic E-state index is 5.93. The molecule has 3 aromatic rings. The minimum absolute atomic E-state index is 0.694. The Kier molecular flexibility index (Phi) is 3.17. The van der Waals surface area contributed by atoms with Gasteiger partial charge in [-0.2, -0.15) is 4.68 Å². The number of tetrazole rings is 1. The molecule has 2 N–H and O–H groups in total. The lowest BCUT2D eigenvalue weighted by Crippen LogP contribution is -2.03. The summed E-state index contributed by atoms with van der Waals surface area (Å²) in [4.78, 5) is 0. The van der Waals surface area contributed by atoms with E-state index >= 15 is 0 Å². The summed E-state index contributed by atoms with van der Waals surface area (Å²) in [6.07, 6.45) is 0. The fraction of sp³-hybridized carbons (Fsp3) is 0.188. The van der Waals surface area contributed by atoms with Crippen LogP contribution < -0.4 is 5.73 Å². The number of rotatable bonds is 2. The van der Waals surface area contributed by atoms with E-state index < -0.39 is 0 Å². The molecule has 106 valence electrons. The molecule has 0 saturated heterocycles. The van der Waals surface area contributed by atoms with Gasteiger partial charge in [0.05, 0.1) is 5.69 Å². The predicted octanol–water partition coefficient (Wildman–Crippen LogP) is 2.84. The summed E-state index contributed by atoms with van der Waals surface area (Å²) in [6.45, 7) is 6.11. The van der Waals surface area contributed by atoms with Crippen molar-refractivity contribution in [3.63, 3.8) is 0 Å². The van der Waals surface area contributed by atoms with Gasteiger partial charge in [0.1, 0.15) is 0 Å². The Hall–Kier alpha value is -2.69. The second kappa shape index (κ2) is 5.01. The van der Waals surface area contributed by atoms with Gasteiger partial charge in [0.2, 0.25) is 0 Å². The predicted molar refractivity (Wildman–Crippen MR) is 83.2 cm³/mol. The molecule has 21 heavy (non-hydrogen) atoms. The number of hydrogen-bond acceptors (Lipinski definition) is 4. The SMILES string of the molecule is Cc1cc(N)cc(-c2nnnn2-c2cc(C)ccc2C)c1. The molecule has 0 aliphatic rings. The standard InChI is InChI=1S/C16H17N5/c1-10-4-5-12(3)15(8-10)21-16(18-19-20-21)13-6-11(2)7-14(17)9-13/h4-9H,17H2,1-3H3. The first-order valence-electron chi connectivity index (χ1n) is 6.78.